The number of hydrazine groups is 1. The van der Waals surface area contributed by atoms with Gasteiger partial charge in [0.2, 0.25) is 0 Å². The number of anilines is 1. The Labute approximate surface area is 131 Å². The summed E-state index contributed by atoms with van der Waals surface area (Å²) >= 11 is 7.68. The van der Waals surface area contributed by atoms with Crippen molar-refractivity contribution in [1.29, 1.82) is 0 Å². The molecule has 2 heterocycles. The van der Waals surface area contributed by atoms with Crippen molar-refractivity contribution in [2.45, 2.75) is 11.4 Å². The molecule has 1 aliphatic heterocycles. The molecule has 1 amide bonds. The van der Waals surface area contributed by atoms with Crippen LogP contribution in [0.3, 0.4) is 0 Å². The van der Waals surface area contributed by atoms with Crippen molar-refractivity contribution >= 4 is 34.0 Å². The normalized spacial score (nSPS) is 21.2. The number of carbonyl (C=O) groups is 1. The van der Waals surface area contributed by atoms with Crippen molar-refractivity contribution in [3.8, 4) is 0 Å². The number of hydrogen-bond acceptors (Lipinski definition) is 5. The van der Waals surface area contributed by atoms with Gasteiger partial charge in [-0.1, -0.05) is 30.3 Å². The Bertz CT molecular complexity index is 592. The van der Waals surface area contributed by atoms with Crippen LogP contribution in [-0.2, 0) is 4.79 Å². The highest BCUT2D eigenvalue weighted by Gasteiger charge is 2.47. The number of rotatable bonds is 6. The van der Waals surface area contributed by atoms with Gasteiger partial charge in [-0.3, -0.25) is 9.80 Å². The number of hydrogen-bond donors (Lipinski definition) is 2. The Morgan fingerprint density at radius 2 is 2.10 bits per heavy atom. The van der Waals surface area contributed by atoms with Gasteiger partial charge >= 0.3 is 0 Å². The number of benzene rings is 1. The Morgan fingerprint density at radius 3 is 2.81 bits per heavy atom. The van der Waals surface area contributed by atoms with E-state index in [0.29, 0.717) is 13.1 Å². The fourth-order valence-electron chi connectivity index (χ4n) is 2.25. The van der Waals surface area contributed by atoms with Gasteiger partial charge in [0.1, 0.15) is 5.38 Å². The maximum atomic E-state index is 11.9. The second-order valence-electron chi connectivity index (χ2n) is 4.64. The average molecular weight is 323 g/mol. The lowest BCUT2D eigenvalue weighted by molar-refractivity contribution is -0.151. The number of nitrogens with zero attached hydrogens (tertiary/aromatic N) is 2. The Morgan fingerprint density at radius 1 is 1.29 bits per heavy atom. The molecule has 0 radical (unpaired) electrons. The van der Waals surface area contributed by atoms with Gasteiger partial charge in [-0.25, -0.2) is 10.4 Å². The first-order valence-corrected chi connectivity index (χ1v) is 7.98. The predicted molar refractivity (Wildman–Crippen MR) is 84.3 cm³/mol. The number of β-lactam (4-membered cyclic amide) rings is 1. The van der Waals surface area contributed by atoms with E-state index < -0.39 is 5.38 Å². The summed E-state index contributed by atoms with van der Waals surface area (Å²) in [5, 5.41) is 7.09. The Kier molecular flexibility index (Phi) is 4.38. The minimum Gasteiger partial charge on any atom is -0.360 e. The van der Waals surface area contributed by atoms with Gasteiger partial charge in [0.25, 0.3) is 5.91 Å². The van der Waals surface area contributed by atoms with Crippen molar-refractivity contribution in [3.63, 3.8) is 0 Å². The lowest BCUT2D eigenvalue weighted by atomic mass is 9.95. The van der Waals surface area contributed by atoms with Crippen LogP contribution in [0.2, 0.25) is 0 Å². The largest absolute Gasteiger partial charge is 0.360 e. The van der Waals surface area contributed by atoms with Crippen LogP contribution in [0.15, 0.2) is 41.9 Å². The summed E-state index contributed by atoms with van der Waals surface area (Å²) in [5.41, 5.74) is 4.16. The second-order valence-corrected chi connectivity index (χ2v) is 6.00. The molecule has 2 unspecified atom stereocenters. The Hall–Kier alpha value is -1.63. The molecule has 2 aromatic rings. The van der Waals surface area contributed by atoms with Gasteiger partial charge in [0, 0.05) is 24.7 Å². The van der Waals surface area contributed by atoms with Gasteiger partial charge in [0.05, 0.1) is 6.04 Å². The van der Waals surface area contributed by atoms with Gasteiger partial charge < -0.3 is 5.32 Å². The second kappa shape index (κ2) is 6.43. The fraction of sp³-hybridized carbons (Fsp3) is 0.286. The van der Waals surface area contributed by atoms with Crippen LogP contribution in [0.4, 0.5) is 5.13 Å². The summed E-state index contributed by atoms with van der Waals surface area (Å²) in [6.45, 7) is 1.31. The predicted octanol–water partition coefficient (Wildman–Crippen LogP) is 2.25. The smallest absolute Gasteiger partial charge is 0.257 e. The fourth-order valence-corrected chi connectivity index (χ4v) is 3.18. The highest BCUT2D eigenvalue weighted by Crippen LogP contribution is 2.36. The van der Waals surface area contributed by atoms with Crippen LogP contribution < -0.4 is 10.7 Å². The molecule has 5 nitrogen and oxygen atoms in total. The van der Waals surface area contributed by atoms with Crippen molar-refractivity contribution in [3.05, 3.63) is 47.5 Å². The first-order chi connectivity index (χ1) is 10.3. The summed E-state index contributed by atoms with van der Waals surface area (Å²) < 4.78 is 0. The maximum absolute atomic E-state index is 11.9. The molecule has 1 saturated heterocycles. The molecule has 0 aliphatic carbocycles. The summed E-state index contributed by atoms with van der Waals surface area (Å²) in [6.07, 6.45) is 1.75. The van der Waals surface area contributed by atoms with Crippen molar-refractivity contribution in [1.82, 2.24) is 15.4 Å². The van der Waals surface area contributed by atoms with Crippen LogP contribution in [0, 0.1) is 0 Å². The number of amides is 1. The number of nitrogens with one attached hydrogen (secondary N) is 2. The van der Waals surface area contributed by atoms with E-state index >= 15 is 0 Å². The zero-order chi connectivity index (χ0) is 14.7. The average Bonchev–Trinajstić information content (AvgIpc) is 3.03. The van der Waals surface area contributed by atoms with Crippen LogP contribution in [0.1, 0.15) is 11.6 Å². The van der Waals surface area contributed by atoms with Crippen LogP contribution >= 0.6 is 22.9 Å². The molecule has 3 rings (SSSR count). The molecule has 1 aromatic carbocycles. The lowest BCUT2D eigenvalue weighted by Gasteiger charge is -2.44. The van der Waals surface area contributed by atoms with Crippen LogP contribution in [-0.4, -0.2) is 34.4 Å². The van der Waals surface area contributed by atoms with E-state index in [0.717, 1.165) is 10.7 Å². The zero-order valence-corrected chi connectivity index (χ0v) is 12.8. The maximum Gasteiger partial charge on any atom is 0.257 e. The van der Waals surface area contributed by atoms with E-state index in [-0.39, 0.29) is 11.9 Å². The standard InChI is InChI=1S/C14H15ClN4OS/c15-11-12(10-4-2-1-3-5-10)19(13(11)20)18-7-6-16-14-17-8-9-21-14/h1-5,8-9,11-12,18H,6-7H2,(H,16,17). The molecule has 110 valence electrons. The number of carbonyl (C=O) groups excluding carboxylic acids is 1. The third kappa shape index (κ3) is 3.02. The molecule has 7 heteroatoms. The summed E-state index contributed by atoms with van der Waals surface area (Å²) in [5.74, 6) is -0.0835. The summed E-state index contributed by atoms with van der Waals surface area (Å²) in [7, 11) is 0. The van der Waals surface area contributed by atoms with Crippen molar-refractivity contribution < 1.29 is 4.79 Å². The number of halogens is 1. The molecule has 2 N–H and O–H groups in total. The van der Waals surface area contributed by atoms with Crippen LogP contribution in [0.5, 0.6) is 0 Å². The van der Waals surface area contributed by atoms with E-state index in [1.54, 1.807) is 22.5 Å². The van der Waals surface area contributed by atoms with E-state index in [4.69, 9.17) is 11.6 Å². The molecule has 21 heavy (non-hydrogen) atoms. The molecule has 1 aliphatic rings. The molecule has 0 bridgehead atoms. The number of thiazole rings is 1. The van der Waals surface area contributed by atoms with Gasteiger partial charge in [-0.15, -0.1) is 22.9 Å². The first kappa shape index (κ1) is 14.3. The topological polar surface area (TPSA) is 57.3 Å². The first-order valence-electron chi connectivity index (χ1n) is 6.66. The Balaban J connectivity index is 1.53. The van der Waals surface area contributed by atoms with Gasteiger partial charge in [-0.05, 0) is 5.56 Å². The summed E-state index contributed by atoms with van der Waals surface area (Å²) in [4.78, 5) is 16.0. The molecule has 0 spiro atoms. The highest BCUT2D eigenvalue weighted by atomic mass is 35.5. The molecule has 2 atom stereocenters. The molecule has 1 fully saturated rings. The molecule has 0 saturated carbocycles. The monoisotopic (exact) mass is 322 g/mol. The molecular formula is C14H15ClN4OS. The third-order valence-electron chi connectivity index (χ3n) is 3.29. The molecular weight excluding hydrogens is 308 g/mol. The number of aromatic nitrogens is 1. The van der Waals surface area contributed by atoms with Crippen molar-refractivity contribution in [2.24, 2.45) is 0 Å². The summed E-state index contributed by atoms with van der Waals surface area (Å²) in [6, 6.07) is 9.70. The minimum atomic E-state index is -0.494. The zero-order valence-electron chi connectivity index (χ0n) is 11.2. The number of alkyl halides is 1. The lowest BCUT2D eigenvalue weighted by Crippen LogP contribution is -2.62. The quantitative estimate of drug-likeness (QED) is 0.486. The van der Waals surface area contributed by atoms with E-state index in [1.165, 1.54) is 0 Å². The van der Waals surface area contributed by atoms with E-state index in [9.17, 15) is 4.79 Å². The van der Waals surface area contributed by atoms with Crippen molar-refractivity contribution in [2.75, 3.05) is 18.4 Å². The van der Waals surface area contributed by atoms with Gasteiger partial charge in [-0.2, -0.15) is 0 Å². The SMILES string of the molecule is O=C1C(Cl)C(c2ccccc2)N1NCCNc1nccs1. The van der Waals surface area contributed by atoms with E-state index in [1.807, 2.05) is 35.7 Å². The minimum absolute atomic E-state index is 0.0835. The highest BCUT2D eigenvalue weighted by molar-refractivity contribution is 7.13. The molecule has 1 aromatic heterocycles. The van der Waals surface area contributed by atoms with E-state index in [2.05, 4.69) is 15.7 Å². The third-order valence-corrected chi connectivity index (χ3v) is 4.44. The van der Waals surface area contributed by atoms with Gasteiger partial charge in [0.15, 0.2) is 5.13 Å². The van der Waals surface area contributed by atoms with Crippen LogP contribution in [0.25, 0.3) is 0 Å².